The monoisotopic (exact) mass is 383 g/mol. The summed E-state index contributed by atoms with van der Waals surface area (Å²) in [6.45, 7) is 4.09. The second-order valence-electron chi connectivity index (χ2n) is 7.09. The maximum absolute atomic E-state index is 12.5. The summed E-state index contributed by atoms with van der Waals surface area (Å²) in [4.78, 5) is 26.0. The van der Waals surface area contributed by atoms with Crippen LogP contribution < -0.4 is 15.5 Å². The number of hydrogen-bond donors (Lipinski definition) is 2. The van der Waals surface area contributed by atoms with Crippen molar-refractivity contribution in [2.24, 2.45) is 11.0 Å². The van der Waals surface area contributed by atoms with E-state index in [4.69, 9.17) is 4.74 Å². The Morgan fingerprint density at radius 1 is 1.37 bits per heavy atom. The van der Waals surface area contributed by atoms with Gasteiger partial charge in [-0.3, -0.25) is 9.59 Å². The number of anilines is 1. The van der Waals surface area contributed by atoms with Crippen molar-refractivity contribution < 1.29 is 14.3 Å². The Kier molecular flexibility index (Phi) is 4.70. The molecule has 6 nitrogen and oxygen atoms in total. The fraction of sp³-hybridized carbons (Fsp3) is 0.350. The Hall–Kier alpha value is -2.67. The number of carbonyl (C=O) groups excluding carboxylic acids is 2. The average molecular weight is 383 g/mol. The molecule has 2 amide bonds. The molecular weight excluding hydrogens is 362 g/mol. The summed E-state index contributed by atoms with van der Waals surface area (Å²) in [5.74, 6) is 0.944. The van der Waals surface area contributed by atoms with Gasteiger partial charge in [0, 0.05) is 4.88 Å². The van der Waals surface area contributed by atoms with Crippen molar-refractivity contribution in [1.82, 2.24) is 5.43 Å². The normalized spacial score (nSPS) is 18.8. The molecule has 0 saturated heterocycles. The number of nitrogens with one attached hydrogen (secondary N) is 2. The van der Waals surface area contributed by atoms with Gasteiger partial charge in [-0.25, -0.2) is 5.43 Å². The van der Waals surface area contributed by atoms with Crippen molar-refractivity contribution >= 4 is 34.6 Å². The zero-order valence-electron chi connectivity index (χ0n) is 15.3. The SMILES string of the molecule is C/C(=N/NC(=O)c1cc2c(s1)CC[C@H](C)C2)c1ccc2c(c1)NC(=O)CO2. The summed E-state index contributed by atoms with van der Waals surface area (Å²) in [5, 5.41) is 7.00. The molecule has 0 unspecified atom stereocenters. The largest absolute Gasteiger partial charge is 0.482 e. The molecule has 2 aliphatic rings. The summed E-state index contributed by atoms with van der Waals surface area (Å²) >= 11 is 1.57. The van der Waals surface area contributed by atoms with E-state index in [1.165, 1.54) is 16.9 Å². The fourth-order valence-corrected chi connectivity index (χ4v) is 4.48. The van der Waals surface area contributed by atoms with Crippen LogP contribution in [0.2, 0.25) is 0 Å². The number of rotatable bonds is 3. The van der Waals surface area contributed by atoms with Gasteiger partial charge in [-0.15, -0.1) is 11.3 Å². The Morgan fingerprint density at radius 2 is 2.22 bits per heavy atom. The number of aryl methyl sites for hydroxylation is 1. The van der Waals surface area contributed by atoms with Gasteiger partial charge >= 0.3 is 0 Å². The van der Waals surface area contributed by atoms with Gasteiger partial charge in [0.05, 0.1) is 16.3 Å². The van der Waals surface area contributed by atoms with E-state index in [0.29, 0.717) is 27.9 Å². The van der Waals surface area contributed by atoms with Crippen molar-refractivity contribution in [2.75, 3.05) is 11.9 Å². The molecule has 0 radical (unpaired) electrons. The molecule has 0 fully saturated rings. The van der Waals surface area contributed by atoms with Crippen LogP contribution in [0.15, 0.2) is 29.4 Å². The first-order chi connectivity index (χ1) is 13.0. The minimum absolute atomic E-state index is 0.0268. The highest BCUT2D eigenvalue weighted by Crippen LogP contribution is 2.32. The van der Waals surface area contributed by atoms with Crippen LogP contribution in [0.3, 0.4) is 0 Å². The quantitative estimate of drug-likeness (QED) is 0.630. The molecule has 4 rings (SSSR count). The third-order valence-corrected chi connectivity index (χ3v) is 6.14. The number of thiophene rings is 1. The lowest BCUT2D eigenvalue weighted by molar-refractivity contribution is -0.118. The Morgan fingerprint density at radius 3 is 3.07 bits per heavy atom. The average Bonchev–Trinajstić information content (AvgIpc) is 3.08. The molecule has 2 N–H and O–H groups in total. The van der Waals surface area contributed by atoms with E-state index in [1.54, 1.807) is 23.5 Å². The van der Waals surface area contributed by atoms with Gasteiger partial charge in [0.25, 0.3) is 11.8 Å². The van der Waals surface area contributed by atoms with E-state index in [-0.39, 0.29) is 18.4 Å². The maximum atomic E-state index is 12.5. The van der Waals surface area contributed by atoms with Crippen LogP contribution in [0, 0.1) is 5.92 Å². The summed E-state index contributed by atoms with van der Waals surface area (Å²) < 4.78 is 5.35. The van der Waals surface area contributed by atoms with Crippen molar-refractivity contribution in [3.05, 3.63) is 45.1 Å². The highest BCUT2D eigenvalue weighted by molar-refractivity contribution is 7.14. The first kappa shape index (κ1) is 17.7. The third kappa shape index (κ3) is 3.73. The highest BCUT2D eigenvalue weighted by atomic mass is 32.1. The molecule has 1 aromatic heterocycles. The minimum atomic E-state index is -0.184. The maximum Gasteiger partial charge on any atom is 0.281 e. The van der Waals surface area contributed by atoms with E-state index >= 15 is 0 Å². The van der Waals surface area contributed by atoms with Crippen LogP contribution in [0.1, 0.15) is 45.9 Å². The van der Waals surface area contributed by atoms with Crippen molar-refractivity contribution in [2.45, 2.75) is 33.1 Å². The summed E-state index contributed by atoms with van der Waals surface area (Å²) in [7, 11) is 0. The third-order valence-electron chi connectivity index (χ3n) is 4.91. The van der Waals surface area contributed by atoms with E-state index < -0.39 is 0 Å². The molecular formula is C20H21N3O3S. The lowest BCUT2D eigenvalue weighted by Gasteiger charge is -2.18. The lowest BCUT2D eigenvalue weighted by atomic mass is 9.90. The first-order valence-corrected chi connectivity index (χ1v) is 9.84. The molecule has 0 spiro atoms. The standard InChI is InChI=1S/C20H21N3O3S/c1-11-3-6-17-14(7-11)9-18(27-17)20(25)23-22-12(2)13-4-5-16-15(8-13)21-19(24)10-26-16/h4-5,8-9,11H,3,6-7,10H2,1-2H3,(H,21,24)(H,23,25)/b22-12-/t11-/m0/s1. The molecule has 0 bridgehead atoms. The number of fused-ring (bicyclic) bond motifs is 2. The zero-order chi connectivity index (χ0) is 19.0. The predicted octanol–water partition coefficient (Wildman–Crippen LogP) is 3.36. The second-order valence-corrected chi connectivity index (χ2v) is 8.23. The molecule has 140 valence electrons. The molecule has 2 heterocycles. The predicted molar refractivity (Wildman–Crippen MR) is 106 cm³/mol. The summed E-state index contributed by atoms with van der Waals surface area (Å²) in [6, 6.07) is 7.44. The number of ether oxygens (including phenoxy) is 1. The van der Waals surface area contributed by atoms with Gasteiger partial charge < -0.3 is 10.1 Å². The summed E-state index contributed by atoms with van der Waals surface area (Å²) in [5.41, 5.74) is 6.02. The zero-order valence-corrected chi connectivity index (χ0v) is 16.1. The van der Waals surface area contributed by atoms with Gasteiger partial charge in [0.2, 0.25) is 0 Å². The number of hydrazone groups is 1. The van der Waals surface area contributed by atoms with Crippen LogP contribution in [-0.2, 0) is 17.6 Å². The second kappa shape index (κ2) is 7.15. The molecule has 0 saturated carbocycles. The summed E-state index contributed by atoms with van der Waals surface area (Å²) in [6.07, 6.45) is 3.29. The van der Waals surface area contributed by atoms with Crippen LogP contribution in [0.4, 0.5) is 5.69 Å². The van der Waals surface area contributed by atoms with E-state index in [2.05, 4.69) is 22.8 Å². The highest BCUT2D eigenvalue weighted by Gasteiger charge is 2.21. The van der Waals surface area contributed by atoms with Gasteiger partial charge in [-0.1, -0.05) is 6.92 Å². The van der Waals surface area contributed by atoms with E-state index in [0.717, 1.165) is 18.4 Å². The van der Waals surface area contributed by atoms with E-state index in [9.17, 15) is 9.59 Å². The topological polar surface area (TPSA) is 79.8 Å². The van der Waals surface area contributed by atoms with Crippen molar-refractivity contribution in [1.29, 1.82) is 0 Å². The number of amides is 2. The van der Waals surface area contributed by atoms with Gasteiger partial charge in [-0.05, 0) is 67.5 Å². The number of benzene rings is 1. The lowest BCUT2D eigenvalue weighted by Crippen LogP contribution is -2.25. The number of hydrogen-bond acceptors (Lipinski definition) is 5. The Bertz CT molecular complexity index is 948. The fourth-order valence-electron chi connectivity index (χ4n) is 3.38. The molecule has 27 heavy (non-hydrogen) atoms. The minimum Gasteiger partial charge on any atom is -0.482 e. The van der Waals surface area contributed by atoms with Gasteiger partial charge in [-0.2, -0.15) is 5.10 Å². The molecule has 1 aliphatic carbocycles. The molecule has 1 atom stereocenters. The molecule has 1 aromatic carbocycles. The number of nitrogens with zero attached hydrogens (tertiary/aromatic N) is 1. The van der Waals surface area contributed by atoms with Crippen LogP contribution in [0.5, 0.6) is 5.75 Å². The first-order valence-electron chi connectivity index (χ1n) is 9.03. The molecule has 2 aromatic rings. The Balaban J connectivity index is 1.47. The van der Waals surface area contributed by atoms with Crippen LogP contribution in [0.25, 0.3) is 0 Å². The van der Waals surface area contributed by atoms with Gasteiger partial charge in [0.15, 0.2) is 6.61 Å². The van der Waals surface area contributed by atoms with E-state index in [1.807, 2.05) is 19.1 Å². The molecule has 7 heteroatoms. The number of carbonyl (C=O) groups is 2. The molecule has 1 aliphatic heterocycles. The van der Waals surface area contributed by atoms with Crippen molar-refractivity contribution in [3.8, 4) is 5.75 Å². The van der Waals surface area contributed by atoms with Crippen LogP contribution >= 0.6 is 11.3 Å². The smallest absolute Gasteiger partial charge is 0.281 e. The van der Waals surface area contributed by atoms with Gasteiger partial charge in [0.1, 0.15) is 5.75 Å². The van der Waals surface area contributed by atoms with Crippen LogP contribution in [-0.4, -0.2) is 24.1 Å². The Labute approximate surface area is 161 Å². The van der Waals surface area contributed by atoms with Crippen molar-refractivity contribution in [3.63, 3.8) is 0 Å².